The summed E-state index contributed by atoms with van der Waals surface area (Å²) in [6, 6.07) is 13.7. The quantitative estimate of drug-likeness (QED) is 0.693. The van der Waals surface area contributed by atoms with Gasteiger partial charge in [-0.05, 0) is 23.8 Å². The molecule has 0 aliphatic heterocycles. The summed E-state index contributed by atoms with van der Waals surface area (Å²) < 4.78 is 2.05. The number of para-hydroxylation sites is 2. The van der Waals surface area contributed by atoms with Crippen molar-refractivity contribution in [3.05, 3.63) is 59.1 Å². The first kappa shape index (κ1) is 12.6. The zero-order chi connectivity index (χ0) is 13.9. The van der Waals surface area contributed by atoms with Crippen LogP contribution in [0, 0.1) is 11.3 Å². The van der Waals surface area contributed by atoms with Crippen LogP contribution >= 0.6 is 11.6 Å². The molecule has 0 saturated heterocycles. The van der Waals surface area contributed by atoms with Gasteiger partial charge in [0.05, 0.1) is 30.1 Å². The Bertz CT molecular complexity index is 784. The van der Waals surface area contributed by atoms with Crippen molar-refractivity contribution in [1.29, 1.82) is 5.26 Å². The Kier molecular flexibility index (Phi) is 3.36. The standard InChI is InChI=1S/C15H11ClN4/c16-14-6-5-11(9-18-14)10-20-13-4-2-1-3-12(13)19-15(20)7-8-17/h1-6,9H,7,10H2. The molecule has 0 unspecified atom stereocenters. The molecule has 0 amide bonds. The van der Waals surface area contributed by atoms with Crippen molar-refractivity contribution in [2.75, 3.05) is 0 Å². The van der Waals surface area contributed by atoms with E-state index < -0.39 is 0 Å². The second kappa shape index (κ2) is 5.32. The fraction of sp³-hybridized carbons (Fsp3) is 0.133. The van der Waals surface area contributed by atoms with Gasteiger partial charge in [0.25, 0.3) is 0 Å². The maximum atomic E-state index is 8.94. The molecular weight excluding hydrogens is 272 g/mol. The lowest BCUT2D eigenvalue weighted by atomic mass is 10.2. The van der Waals surface area contributed by atoms with Gasteiger partial charge >= 0.3 is 0 Å². The third kappa shape index (κ3) is 2.36. The molecule has 5 heteroatoms. The van der Waals surface area contributed by atoms with Gasteiger partial charge in [-0.25, -0.2) is 9.97 Å². The molecule has 0 fully saturated rings. The highest BCUT2D eigenvalue weighted by molar-refractivity contribution is 6.29. The maximum Gasteiger partial charge on any atom is 0.129 e. The molecule has 4 nitrogen and oxygen atoms in total. The lowest BCUT2D eigenvalue weighted by Crippen LogP contribution is -2.05. The summed E-state index contributed by atoms with van der Waals surface area (Å²) in [7, 11) is 0. The number of aromatic nitrogens is 3. The van der Waals surface area contributed by atoms with Crippen LogP contribution in [0.4, 0.5) is 0 Å². The van der Waals surface area contributed by atoms with E-state index in [2.05, 4.69) is 16.0 Å². The minimum absolute atomic E-state index is 0.287. The number of nitriles is 1. The molecule has 3 rings (SSSR count). The number of imidazole rings is 1. The second-order valence-electron chi connectivity index (χ2n) is 4.43. The third-order valence-electron chi connectivity index (χ3n) is 3.10. The van der Waals surface area contributed by atoms with E-state index >= 15 is 0 Å². The fourth-order valence-electron chi connectivity index (χ4n) is 2.19. The van der Waals surface area contributed by atoms with Gasteiger partial charge in [-0.15, -0.1) is 0 Å². The summed E-state index contributed by atoms with van der Waals surface area (Å²) in [4.78, 5) is 8.59. The minimum Gasteiger partial charge on any atom is -0.323 e. The molecular formula is C15H11ClN4. The number of fused-ring (bicyclic) bond motifs is 1. The molecule has 0 radical (unpaired) electrons. The Morgan fingerprint density at radius 3 is 2.80 bits per heavy atom. The predicted octanol–water partition coefficient (Wildman–Crippen LogP) is 3.20. The van der Waals surface area contributed by atoms with Crippen LogP contribution in [0.25, 0.3) is 11.0 Å². The van der Waals surface area contributed by atoms with E-state index in [0.717, 1.165) is 22.4 Å². The molecule has 0 aliphatic carbocycles. The molecule has 20 heavy (non-hydrogen) atoms. The fourth-order valence-corrected chi connectivity index (χ4v) is 2.30. The highest BCUT2D eigenvalue weighted by Crippen LogP contribution is 2.18. The highest BCUT2D eigenvalue weighted by atomic mass is 35.5. The number of rotatable bonds is 3. The van der Waals surface area contributed by atoms with E-state index in [1.165, 1.54) is 0 Å². The van der Waals surface area contributed by atoms with Crippen LogP contribution in [0.5, 0.6) is 0 Å². The van der Waals surface area contributed by atoms with E-state index in [1.807, 2.05) is 34.9 Å². The highest BCUT2D eigenvalue weighted by Gasteiger charge is 2.10. The van der Waals surface area contributed by atoms with Crippen molar-refractivity contribution in [3.63, 3.8) is 0 Å². The van der Waals surface area contributed by atoms with Gasteiger partial charge < -0.3 is 4.57 Å². The summed E-state index contributed by atoms with van der Waals surface area (Å²) in [6.07, 6.45) is 2.03. The van der Waals surface area contributed by atoms with E-state index in [4.69, 9.17) is 16.9 Å². The maximum absolute atomic E-state index is 8.94. The Hall–Kier alpha value is -2.38. The first-order valence-electron chi connectivity index (χ1n) is 6.19. The summed E-state index contributed by atoms with van der Waals surface area (Å²) >= 11 is 5.80. The minimum atomic E-state index is 0.287. The monoisotopic (exact) mass is 282 g/mol. The molecule has 0 N–H and O–H groups in total. The van der Waals surface area contributed by atoms with Crippen LogP contribution in [0.15, 0.2) is 42.6 Å². The number of hydrogen-bond donors (Lipinski definition) is 0. The number of hydrogen-bond acceptors (Lipinski definition) is 3. The summed E-state index contributed by atoms with van der Waals surface area (Å²) in [6.45, 7) is 0.627. The first-order chi connectivity index (χ1) is 9.78. The van der Waals surface area contributed by atoms with Crippen LogP contribution in [0.1, 0.15) is 11.4 Å². The largest absolute Gasteiger partial charge is 0.323 e. The molecule has 3 aromatic rings. The smallest absolute Gasteiger partial charge is 0.129 e. The van der Waals surface area contributed by atoms with Gasteiger partial charge in [0.2, 0.25) is 0 Å². The van der Waals surface area contributed by atoms with Gasteiger partial charge in [-0.1, -0.05) is 29.8 Å². The SMILES string of the molecule is N#CCc1nc2ccccc2n1Cc1ccc(Cl)nc1. The van der Waals surface area contributed by atoms with Crippen molar-refractivity contribution >= 4 is 22.6 Å². The van der Waals surface area contributed by atoms with Crippen LogP contribution in [-0.4, -0.2) is 14.5 Å². The van der Waals surface area contributed by atoms with Crippen LogP contribution in [0.2, 0.25) is 5.15 Å². The van der Waals surface area contributed by atoms with Gasteiger partial charge in [0.1, 0.15) is 11.0 Å². The van der Waals surface area contributed by atoms with Gasteiger partial charge in [-0.3, -0.25) is 0 Å². The third-order valence-corrected chi connectivity index (χ3v) is 3.32. The first-order valence-corrected chi connectivity index (χ1v) is 6.57. The van der Waals surface area contributed by atoms with Gasteiger partial charge in [-0.2, -0.15) is 5.26 Å². The normalized spacial score (nSPS) is 10.6. The number of pyridine rings is 1. The number of benzene rings is 1. The molecule has 0 saturated carbocycles. The number of nitrogens with zero attached hydrogens (tertiary/aromatic N) is 4. The molecule has 1 aromatic carbocycles. The van der Waals surface area contributed by atoms with Gasteiger partial charge in [0, 0.05) is 6.20 Å². The Balaban J connectivity index is 2.06. The van der Waals surface area contributed by atoms with E-state index in [9.17, 15) is 0 Å². The van der Waals surface area contributed by atoms with Crippen molar-refractivity contribution < 1.29 is 0 Å². The molecule has 0 aliphatic rings. The van der Waals surface area contributed by atoms with Crippen molar-refractivity contribution in [2.24, 2.45) is 0 Å². The molecule has 0 bridgehead atoms. The second-order valence-corrected chi connectivity index (χ2v) is 4.81. The van der Waals surface area contributed by atoms with Crippen LogP contribution in [-0.2, 0) is 13.0 Å². The molecule has 2 heterocycles. The van der Waals surface area contributed by atoms with Crippen LogP contribution < -0.4 is 0 Å². The van der Waals surface area contributed by atoms with E-state index in [1.54, 1.807) is 12.3 Å². The summed E-state index contributed by atoms with van der Waals surface area (Å²) in [5.41, 5.74) is 2.95. The molecule has 0 atom stereocenters. The zero-order valence-electron chi connectivity index (χ0n) is 10.6. The van der Waals surface area contributed by atoms with E-state index in [-0.39, 0.29) is 6.42 Å². The zero-order valence-corrected chi connectivity index (χ0v) is 11.4. The van der Waals surface area contributed by atoms with Gasteiger partial charge in [0.15, 0.2) is 0 Å². The molecule has 2 aromatic heterocycles. The molecule has 0 spiro atoms. The van der Waals surface area contributed by atoms with Crippen molar-refractivity contribution in [1.82, 2.24) is 14.5 Å². The number of halogens is 1. The van der Waals surface area contributed by atoms with E-state index in [0.29, 0.717) is 11.7 Å². The summed E-state index contributed by atoms with van der Waals surface area (Å²) in [5.74, 6) is 0.767. The lowest BCUT2D eigenvalue weighted by molar-refractivity contribution is 0.766. The summed E-state index contributed by atoms with van der Waals surface area (Å²) in [5, 5.41) is 9.41. The predicted molar refractivity (Wildman–Crippen MR) is 77.4 cm³/mol. The topological polar surface area (TPSA) is 54.5 Å². The average molecular weight is 283 g/mol. The Labute approximate surface area is 121 Å². The molecule has 98 valence electrons. The average Bonchev–Trinajstić information content (AvgIpc) is 2.80. The Morgan fingerprint density at radius 1 is 1.20 bits per heavy atom. The lowest BCUT2D eigenvalue weighted by Gasteiger charge is -2.07. The van der Waals surface area contributed by atoms with Crippen LogP contribution in [0.3, 0.4) is 0 Å². The van der Waals surface area contributed by atoms with Crippen molar-refractivity contribution in [2.45, 2.75) is 13.0 Å². The van der Waals surface area contributed by atoms with Crippen molar-refractivity contribution in [3.8, 4) is 6.07 Å². The Morgan fingerprint density at radius 2 is 2.05 bits per heavy atom.